The molecule has 0 aromatic heterocycles. The summed E-state index contributed by atoms with van der Waals surface area (Å²) in [4.78, 5) is 13.9. The van der Waals surface area contributed by atoms with E-state index in [4.69, 9.17) is 21.1 Å². The first-order valence-corrected chi connectivity index (χ1v) is 10.8. The maximum atomic E-state index is 11.7. The molecule has 6 heteroatoms. The molecule has 2 aromatic carbocycles. The lowest BCUT2D eigenvalue weighted by Crippen LogP contribution is -2.52. The number of nitrogens with zero attached hydrogens (tertiary/aromatic N) is 1. The van der Waals surface area contributed by atoms with Crippen LogP contribution in [0.4, 0.5) is 0 Å². The lowest BCUT2D eigenvalue weighted by molar-refractivity contribution is -0.129. The average molecular weight is 431 g/mol. The van der Waals surface area contributed by atoms with E-state index in [1.165, 1.54) is 5.56 Å². The van der Waals surface area contributed by atoms with Gasteiger partial charge in [-0.15, -0.1) is 0 Å². The van der Waals surface area contributed by atoms with Crippen molar-refractivity contribution in [3.8, 4) is 11.5 Å². The monoisotopic (exact) mass is 430 g/mol. The maximum Gasteiger partial charge on any atom is 0.225 e. The van der Waals surface area contributed by atoms with Crippen LogP contribution in [0.2, 0.25) is 5.02 Å². The third kappa shape index (κ3) is 5.46. The van der Waals surface area contributed by atoms with Crippen LogP contribution in [0.5, 0.6) is 11.5 Å². The molecule has 0 radical (unpaired) electrons. The van der Waals surface area contributed by atoms with Gasteiger partial charge in [-0.3, -0.25) is 9.69 Å². The Labute approximate surface area is 184 Å². The Hall–Kier alpha value is -2.24. The molecule has 2 aromatic rings. The van der Waals surface area contributed by atoms with Crippen LogP contribution < -0.4 is 14.8 Å². The van der Waals surface area contributed by atoms with Gasteiger partial charge in [0.05, 0.1) is 17.0 Å². The Kier molecular flexibility index (Phi) is 7.27. The van der Waals surface area contributed by atoms with Crippen LogP contribution >= 0.6 is 11.6 Å². The summed E-state index contributed by atoms with van der Waals surface area (Å²) in [6.07, 6.45) is 0.0827. The summed E-state index contributed by atoms with van der Waals surface area (Å²) >= 11 is 6.34. The molecule has 162 valence electrons. The maximum absolute atomic E-state index is 11.7. The van der Waals surface area contributed by atoms with E-state index in [9.17, 15) is 4.79 Å². The van der Waals surface area contributed by atoms with E-state index in [1.54, 1.807) is 7.05 Å². The molecule has 0 atom stereocenters. The molecule has 1 amide bonds. The number of nitrogens with one attached hydrogen (secondary N) is 1. The van der Waals surface area contributed by atoms with Crippen LogP contribution in [-0.2, 0) is 17.9 Å². The Morgan fingerprint density at radius 2 is 1.83 bits per heavy atom. The molecule has 3 rings (SSSR count). The molecule has 0 bridgehead atoms. The van der Waals surface area contributed by atoms with Crippen molar-refractivity contribution in [1.82, 2.24) is 10.2 Å². The molecule has 1 aliphatic rings. The Bertz CT molecular complexity index is 884. The molecule has 30 heavy (non-hydrogen) atoms. The van der Waals surface area contributed by atoms with Crippen LogP contribution in [0.3, 0.4) is 0 Å². The minimum absolute atomic E-state index is 0.0827. The second kappa shape index (κ2) is 9.71. The molecule has 1 saturated heterocycles. The van der Waals surface area contributed by atoms with E-state index in [0.29, 0.717) is 17.4 Å². The van der Waals surface area contributed by atoms with Crippen molar-refractivity contribution >= 4 is 17.5 Å². The summed E-state index contributed by atoms with van der Waals surface area (Å²) in [7, 11) is 1.69. The van der Waals surface area contributed by atoms with Crippen LogP contribution in [0, 0.1) is 19.8 Å². The molecule has 0 saturated carbocycles. The standard InChI is InChI=1S/C24H31ClN2O3/c1-15(2)30-22-7-6-18(10-21(22)25)14-29-23-16(3)8-19(9-17(23)4)11-27-12-20(13-27)24(28)26-5/h6-10,15,20H,11-14H2,1-5H3,(H,26,28). The molecular formula is C24H31ClN2O3. The van der Waals surface area contributed by atoms with E-state index in [-0.39, 0.29) is 17.9 Å². The average Bonchev–Trinajstić information content (AvgIpc) is 2.65. The molecular weight excluding hydrogens is 400 g/mol. The Morgan fingerprint density at radius 3 is 2.40 bits per heavy atom. The van der Waals surface area contributed by atoms with Gasteiger partial charge in [0.15, 0.2) is 0 Å². The van der Waals surface area contributed by atoms with Crippen molar-refractivity contribution in [2.24, 2.45) is 5.92 Å². The summed E-state index contributed by atoms with van der Waals surface area (Å²) < 4.78 is 11.8. The fourth-order valence-corrected chi connectivity index (χ4v) is 4.07. The van der Waals surface area contributed by atoms with Crippen LogP contribution in [0.1, 0.15) is 36.1 Å². The number of likely N-dealkylation sites (tertiary alicyclic amines) is 1. The number of hydrogen-bond acceptors (Lipinski definition) is 4. The SMILES string of the molecule is CNC(=O)C1CN(Cc2cc(C)c(OCc3ccc(OC(C)C)c(Cl)c3)c(C)c2)C1. The number of halogens is 1. The number of rotatable bonds is 8. The minimum Gasteiger partial charge on any atom is -0.489 e. The number of carbonyl (C=O) groups is 1. The first-order valence-electron chi connectivity index (χ1n) is 10.4. The highest BCUT2D eigenvalue weighted by Gasteiger charge is 2.31. The van der Waals surface area contributed by atoms with Gasteiger partial charge >= 0.3 is 0 Å². The summed E-state index contributed by atoms with van der Waals surface area (Å²) in [6, 6.07) is 10.1. The second-order valence-electron chi connectivity index (χ2n) is 8.28. The van der Waals surface area contributed by atoms with Gasteiger partial charge in [-0.2, -0.15) is 0 Å². The molecule has 1 aliphatic heterocycles. The third-order valence-electron chi connectivity index (χ3n) is 5.24. The molecule has 1 N–H and O–H groups in total. The third-order valence-corrected chi connectivity index (χ3v) is 5.54. The molecule has 0 aliphatic carbocycles. The number of aryl methyl sites for hydroxylation is 2. The van der Waals surface area contributed by atoms with Gasteiger partial charge in [-0.25, -0.2) is 0 Å². The molecule has 1 fully saturated rings. The van der Waals surface area contributed by atoms with Crippen molar-refractivity contribution in [2.75, 3.05) is 20.1 Å². The lowest BCUT2D eigenvalue weighted by Gasteiger charge is -2.38. The highest BCUT2D eigenvalue weighted by Crippen LogP contribution is 2.30. The predicted octanol–water partition coefficient (Wildman–Crippen LogP) is 4.50. The zero-order chi connectivity index (χ0) is 21.8. The normalized spacial score (nSPS) is 14.5. The van der Waals surface area contributed by atoms with Crippen molar-refractivity contribution in [1.29, 1.82) is 0 Å². The zero-order valence-corrected chi connectivity index (χ0v) is 19.2. The van der Waals surface area contributed by atoms with Gasteiger partial charge in [0.1, 0.15) is 18.1 Å². The zero-order valence-electron chi connectivity index (χ0n) is 18.4. The van der Waals surface area contributed by atoms with Gasteiger partial charge < -0.3 is 14.8 Å². The molecule has 1 heterocycles. The number of hydrogen-bond donors (Lipinski definition) is 1. The second-order valence-corrected chi connectivity index (χ2v) is 8.69. The number of ether oxygens (including phenoxy) is 2. The van der Waals surface area contributed by atoms with E-state index in [0.717, 1.165) is 42.1 Å². The molecule has 5 nitrogen and oxygen atoms in total. The summed E-state index contributed by atoms with van der Waals surface area (Å²) in [6.45, 7) is 11.0. The topological polar surface area (TPSA) is 50.8 Å². The highest BCUT2D eigenvalue weighted by molar-refractivity contribution is 6.32. The number of carbonyl (C=O) groups excluding carboxylic acids is 1. The first-order chi connectivity index (χ1) is 14.3. The van der Waals surface area contributed by atoms with Gasteiger partial charge in [0, 0.05) is 26.7 Å². The Morgan fingerprint density at radius 1 is 1.17 bits per heavy atom. The van der Waals surface area contributed by atoms with Crippen molar-refractivity contribution < 1.29 is 14.3 Å². The smallest absolute Gasteiger partial charge is 0.225 e. The summed E-state index contributed by atoms with van der Waals surface area (Å²) in [5.41, 5.74) is 4.46. The van der Waals surface area contributed by atoms with Crippen LogP contribution in [-0.4, -0.2) is 37.0 Å². The highest BCUT2D eigenvalue weighted by atomic mass is 35.5. The first kappa shape index (κ1) is 22.4. The predicted molar refractivity (Wildman–Crippen MR) is 120 cm³/mol. The van der Waals surface area contributed by atoms with Crippen LogP contribution in [0.25, 0.3) is 0 Å². The van der Waals surface area contributed by atoms with E-state index < -0.39 is 0 Å². The van der Waals surface area contributed by atoms with E-state index in [1.807, 2.05) is 32.0 Å². The lowest BCUT2D eigenvalue weighted by atomic mass is 9.97. The van der Waals surface area contributed by atoms with Gasteiger partial charge in [-0.05, 0) is 62.1 Å². The quantitative estimate of drug-likeness (QED) is 0.669. The van der Waals surface area contributed by atoms with Crippen LogP contribution in [0.15, 0.2) is 30.3 Å². The van der Waals surface area contributed by atoms with Gasteiger partial charge in [-0.1, -0.05) is 29.8 Å². The number of amides is 1. The summed E-state index contributed by atoms with van der Waals surface area (Å²) in [5.74, 6) is 1.84. The minimum atomic E-state index is 0.0827. The fourth-order valence-electron chi connectivity index (χ4n) is 3.83. The van der Waals surface area contributed by atoms with Crippen molar-refractivity contribution in [3.63, 3.8) is 0 Å². The van der Waals surface area contributed by atoms with Crippen molar-refractivity contribution in [2.45, 2.75) is 47.0 Å². The van der Waals surface area contributed by atoms with Gasteiger partial charge in [0.25, 0.3) is 0 Å². The van der Waals surface area contributed by atoms with E-state index in [2.05, 4.69) is 36.2 Å². The van der Waals surface area contributed by atoms with E-state index >= 15 is 0 Å². The fraction of sp³-hybridized carbons (Fsp3) is 0.458. The Balaban J connectivity index is 1.60. The molecule has 0 unspecified atom stereocenters. The van der Waals surface area contributed by atoms with Gasteiger partial charge in [0.2, 0.25) is 5.91 Å². The number of benzene rings is 2. The van der Waals surface area contributed by atoms with Crippen molar-refractivity contribution in [3.05, 3.63) is 57.6 Å². The molecule has 0 spiro atoms. The summed E-state index contributed by atoms with van der Waals surface area (Å²) in [5, 5.41) is 3.32. The largest absolute Gasteiger partial charge is 0.489 e.